The van der Waals surface area contributed by atoms with Crippen LogP contribution in [0.3, 0.4) is 0 Å². The van der Waals surface area contributed by atoms with Crippen molar-refractivity contribution in [2.45, 2.75) is 57.9 Å². The molecule has 0 amide bonds. The van der Waals surface area contributed by atoms with Gasteiger partial charge in [0.1, 0.15) is 6.20 Å². The van der Waals surface area contributed by atoms with Crippen LogP contribution in [0.25, 0.3) is 0 Å². The van der Waals surface area contributed by atoms with Crippen molar-refractivity contribution in [1.82, 2.24) is 30.0 Å². The minimum atomic E-state index is -4.53. The van der Waals surface area contributed by atoms with Crippen molar-refractivity contribution in [3.8, 4) is 0 Å². The third kappa shape index (κ3) is 6.73. The number of alkyl halides is 3. The van der Waals surface area contributed by atoms with Crippen molar-refractivity contribution in [3.63, 3.8) is 0 Å². The molecule has 1 aliphatic rings. The van der Waals surface area contributed by atoms with Crippen LogP contribution in [-0.4, -0.2) is 42.2 Å². The van der Waals surface area contributed by atoms with Crippen molar-refractivity contribution < 1.29 is 18.1 Å². The molecular weight excluding hydrogens is 503 g/mol. The van der Waals surface area contributed by atoms with Crippen molar-refractivity contribution >= 4 is 17.5 Å². The second-order valence-electron chi connectivity index (χ2n) is 9.43. The number of nitrogens with one attached hydrogen (secondary N) is 3. The van der Waals surface area contributed by atoms with Crippen LogP contribution in [0.2, 0.25) is 0 Å². The first-order valence-electron chi connectivity index (χ1n) is 12.3. The van der Waals surface area contributed by atoms with Gasteiger partial charge in [-0.2, -0.15) is 23.3 Å². The molecule has 3 heterocycles. The van der Waals surface area contributed by atoms with Gasteiger partial charge >= 0.3 is 11.9 Å². The Morgan fingerprint density at radius 2 is 1.87 bits per heavy atom. The fraction of sp³-hybridized carbons (Fsp3) is 0.500. The van der Waals surface area contributed by atoms with Crippen LogP contribution in [0, 0.1) is 23.0 Å². The second kappa shape index (κ2) is 11.7. The summed E-state index contributed by atoms with van der Waals surface area (Å²) in [4.78, 5) is 22.7. The molecule has 3 aromatic heterocycles. The molecule has 14 heteroatoms. The number of aryl methyl sites for hydroxylation is 1. The number of hydrogen-bond acceptors (Lipinski definition) is 9. The van der Waals surface area contributed by atoms with Crippen LogP contribution < -0.4 is 16.0 Å². The van der Waals surface area contributed by atoms with E-state index in [4.69, 9.17) is 0 Å². The predicted octanol–water partition coefficient (Wildman–Crippen LogP) is 4.21. The zero-order chi connectivity index (χ0) is 27.3. The average Bonchev–Trinajstić information content (AvgIpc) is 3.22. The largest absolute Gasteiger partial charge is 0.416 e. The maximum atomic E-state index is 13.2. The number of halogens is 3. The smallest absolute Gasteiger partial charge is 0.364 e. The van der Waals surface area contributed by atoms with E-state index < -0.39 is 16.7 Å². The van der Waals surface area contributed by atoms with E-state index in [1.807, 2.05) is 24.9 Å². The molecule has 3 aromatic rings. The first kappa shape index (κ1) is 27.2. The fourth-order valence-corrected chi connectivity index (χ4v) is 4.53. The lowest BCUT2D eigenvalue weighted by Gasteiger charge is -2.29. The molecule has 0 aromatic carbocycles. The highest BCUT2D eigenvalue weighted by Crippen LogP contribution is 2.32. The van der Waals surface area contributed by atoms with E-state index in [0.29, 0.717) is 18.5 Å². The fourth-order valence-electron chi connectivity index (χ4n) is 4.53. The van der Waals surface area contributed by atoms with Gasteiger partial charge in [0.05, 0.1) is 16.7 Å². The zero-order valence-corrected chi connectivity index (χ0v) is 21.1. The summed E-state index contributed by atoms with van der Waals surface area (Å²) >= 11 is 0. The molecule has 1 fully saturated rings. The molecule has 0 spiro atoms. The van der Waals surface area contributed by atoms with E-state index in [9.17, 15) is 23.3 Å². The number of pyridine rings is 1. The molecule has 0 saturated heterocycles. The Balaban J connectivity index is 1.32. The summed E-state index contributed by atoms with van der Waals surface area (Å²) < 4.78 is 41.6. The number of nitrogens with zero attached hydrogens (tertiary/aromatic N) is 6. The SMILES string of the molecule is Cc1c(CNC2CCC(CNc3nc(NCc4cnccc4C(F)(F)F)ncc3[N+](=O)[O-])CC2)cnn1C. The Bertz CT molecular complexity index is 1260. The normalized spacial score (nSPS) is 17.8. The van der Waals surface area contributed by atoms with E-state index in [0.717, 1.165) is 62.6 Å². The minimum absolute atomic E-state index is 0.0197. The third-order valence-corrected chi connectivity index (χ3v) is 6.94. The first-order chi connectivity index (χ1) is 18.1. The highest BCUT2D eigenvalue weighted by atomic mass is 19.4. The van der Waals surface area contributed by atoms with Gasteiger partial charge in [0.25, 0.3) is 0 Å². The van der Waals surface area contributed by atoms with Crippen LogP contribution in [0.5, 0.6) is 0 Å². The van der Waals surface area contributed by atoms with E-state index in [1.54, 1.807) is 0 Å². The molecule has 1 saturated carbocycles. The van der Waals surface area contributed by atoms with Crippen molar-refractivity contribution in [3.05, 3.63) is 63.4 Å². The lowest BCUT2D eigenvalue weighted by atomic mass is 9.86. The lowest BCUT2D eigenvalue weighted by Crippen LogP contribution is -2.34. The molecule has 11 nitrogen and oxygen atoms in total. The molecule has 0 radical (unpaired) electrons. The standard InChI is InChI=1S/C24H30F3N9O2/c1-15-17(13-33-35(15)2)11-29-19-5-3-16(4-6-19)9-30-22-21(36(37)38)14-32-23(34-22)31-12-18-10-28-8-7-20(18)24(25,26)27/h7-8,10,13-14,16,19,29H,3-6,9,11-12H2,1-2H3,(H2,30,31,32,34). The average molecular weight is 534 g/mol. The second-order valence-corrected chi connectivity index (χ2v) is 9.43. The van der Waals surface area contributed by atoms with Gasteiger partial charge in [0.15, 0.2) is 0 Å². The maximum absolute atomic E-state index is 13.2. The number of rotatable bonds is 10. The molecule has 3 N–H and O–H groups in total. The van der Waals surface area contributed by atoms with Gasteiger partial charge in [-0.25, -0.2) is 4.98 Å². The Kier molecular flexibility index (Phi) is 8.39. The summed E-state index contributed by atoms with van der Waals surface area (Å²) in [5.74, 6) is 0.319. The number of anilines is 2. The summed E-state index contributed by atoms with van der Waals surface area (Å²) in [6.45, 7) is 3.06. The molecule has 0 unspecified atom stereocenters. The molecule has 4 rings (SSSR count). The van der Waals surface area contributed by atoms with Gasteiger partial charge in [-0.05, 0) is 44.6 Å². The van der Waals surface area contributed by atoms with Gasteiger partial charge in [0.2, 0.25) is 11.8 Å². The van der Waals surface area contributed by atoms with Gasteiger partial charge in [-0.15, -0.1) is 0 Å². The lowest BCUT2D eigenvalue weighted by molar-refractivity contribution is -0.384. The van der Waals surface area contributed by atoms with Crippen molar-refractivity contribution in [1.29, 1.82) is 0 Å². The van der Waals surface area contributed by atoms with Crippen LogP contribution in [0.15, 0.2) is 30.9 Å². The summed E-state index contributed by atoms with van der Waals surface area (Å²) in [6.07, 6.45) is 4.44. The van der Waals surface area contributed by atoms with E-state index in [2.05, 4.69) is 36.0 Å². The number of hydrogen-bond donors (Lipinski definition) is 3. The van der Waals surface area contributed by atoms with E-state index in [-0.39, 0.29) is 29.6 Å². The first-order valence-corrected chi connectivity index (χ1v) is 12.3. The van der Waals surface area contributed by atoms with Gasteiger partial charge in [0, 0.05) is 61.9 Å². The topological polar surface area (TPSA) is 136 Å². The Morgan fingerprint density at radius 1 is 1.11 bits per heavy atom. The summed E-state index contributed by atoms with van der Waals surface area (Å²) in [7, 11) is 1.92. The minimum Gasteiger partial charge on any atom is -0.364 e. The van der Waals surface area contributed by atoms with E-state index in [1.165, 1.54) is 5.56 Å². The molecule has 38 heavy (non-hydrogen) atoms. The maximum Gasteiger partial charge on any atom is 0.416 e. The van der Waals surface area contributed by atoms with Crippen LogP contribution in [0.4, 0.5) is 30.6 Å². The van der Waals surface area contributed by atoms with Gasteiger partial charge in [-0.1, -0.05) is 0 Å². The van der Waals surface area contributed by atoms with Crippen LogP contribution >= 0.6 is 0 Å². The summed E-state index contributed by atoms with van der Waals surface area (Å²) in [5, 5.41) is 25.1. The zero-order valence-electron chi connectivity index (χ0n) is 21.1. The summed E-state index contributed by atoms with van der Waals surface area (Å²) in [5.41, 5.74) is 1.11. The monoisotopic (exact) mass is 533 g/mol. The van der Waals surface area contributed by atoms with Crippen LogP contribution in [-0.2, 0) is 26.3 Å². The van der Waals surface area contributed by atoms with Crippen molar-refractivity contribution in [2.75, 3.05) is 17.2 Å². The van der Waals surface area contributed by atoms with Gasteiger partial charge < -0.3 is 16.0 Å². The molecule has 204 valence electrons. The molecule has 0 atom stereocenters. The van der Waals surface area contributed by atoms with E-state index >= 15 is 0 Å². The molecule has 0 bridgehead atoms. The van der Waals surface area contributed by atoms with Gasteiger partial charge in [-0.3, -0.25) is 19.8 Å². The molecule has 1 aliphatic carbocycles. The Morgan fingerprint density at radius 3 is 2.53 bits per heavy atom. The highest BCUT2D eigenvalue weighted by Gasteiger charge is 2.33. The molecule has 0 aliphatic heterocycles. The molecular formula is C24H30F3N9O2. The number of nitro groups is 1. The quantitative estimate of drug-likeness (QED) is 0.259. The Hall–Kier alpha value is -3.81. The van der Waals surface area contributed by atoms with Crippen molar-refractivity contribution in [2.24, 2.45) is 13.0 Å². The Labute approximate surface area is 217 Å². The number of aromatic nitrogens is 5. The summed E-state index contributed by atoms with van der Waals surface area (Å²) in [6, 6.07) is 1.29. The highest BCUT2D eigenvalue weighted by molar-refractivity contribution is 5.57. The predicted molar refractivity (Wildman–Crippen MR) is 134 cm³/mol. The third-order valence-electron chi connectivity index (χ3n) is 6.94. The van der Waals surface area contributed by atoms with Crippen LogP contribution in [0.1, 0.15) is 48.1 Å².